The van der Waals surface area contributed by atoms with Crippen molar-refractivity contribution in [3.8, 4) is 0 Å². The van der Waals surface area contributed by atoms with Crippen LogP contribution in [0.1, 0.15) is 38.7 Å². The molecule has 0 bridgehead atoms. The number of nitrogens with zero attached hydrogens (tertiary/aromatic N) is 1. The molecule has 0 amide bonds. The second kappa shape index (κ2) is 7.76. The molecule has 1 heterocycles. The lowest BCUT2D eigenvalue weighted by atomic mass is 10.0. The number of ether oxygens (including phenoxy) is 1. The fourth-order valence-electron chi connectivity index (χ4n) is 2.88. The van der Waals surface area contributed by atoms with Crippen molar-refractivity contribution in [2.45, 2.75) is 51.7 Å². The van der Waals surface area contributed by atoms with E-state index in [9.17, 15) is 4.39 Å². The van der Waals surface area contributed by atoms with Crippen molar-refractivity contribution < 1.29 is 9.13 Å². The Balaban J connectivity index is 1.98. The van der Waals surface area contributed by atoms with Crippen molar-refractivity contribution in [1.82, 2.24) is 0 Å². The highest BCUT2D eigenvalue weighted by molar-refractivity contribution is 5.49. The van der Waals surface area contributed by atoms with Crippen LogP contribution in [0, 0.1) is 5.82 Å². The highest BCUT2D eigenvalue weighted by atomic mass is 19.1. The lowest BCUT2D eigenvalue weighted by molar-refractivity contribution is 0.0458. The molecule has 0 aliphatic carbocycles. The maximum atomic E-state index is 14.3. The summed E-state index contributed by atoms with van der Waals surface area (Å²) in [7, 11) is 0. The van der Waals surface area contributed by atoms with Gasteiger partial charge in [0.25, 0.3) is 0 Å². The zero-order chi connectivity index (χ0) is 15.2. The van der Waals surface area contributed by atoms with Crippen molar-refractivity contribution in [2.75, 3.05) is 24.6 Å². The Morgan fingerprint density at radius 1 is 1.33 bits per heavy atom. The molecule has 1 unspecified atom stereocenters. The minimum Gasteiger partial charge on any atom is -0.378 e. The van der Waals surface area contributed by atoms with Crippen molar-refractivity contribution in [3.63, 3.8) is 0 Å². The molecule has 4 heteroatoms. The third-order valence-corrected chi connectivity index (χ3v) is 4.22. The molecule has 0 aromatic heterocycles. The van der Waals surface area contributed by atoms with Gasteiger partial charge in [-0.1, -0.05) is 13.0 Å². The Morgan fingerprint density at radius 3 is 2.62 bits per heavy atom. The van der Waals surface area contributed by atoms with E-state index in [0.29, 0.717) is 11.8 Å². The maximum absolute atomic E-state index is 14.3. The number of halogens is 1. The predicted octanol–water partition coefficient (Wildman–Crippen LogP) is 3.11. The largest absolute Gasteiger partial charge is 0.378 e. The lowest BCUT2D eigenvalue weighted by Crippen LogP contribution is -2.37. The molecular weight excluding hydrogens is 267 g/mol. The Bertz CT molecular complexity index is 444. The van der Waals surface area contributed by atoms with Crippen molar-refractivity contribution >= 4 is 5.69 Å². The third-order valence-electron chi connectivity index (χ3n) is 4.22. The van der Waals surface area contributed by atoms with Gasteiger partial charge >= 0.3 is 0 Å². The first-order chi connectivity index (χ1) is 10.1. The average molecular weight is 294 g/mol. The maximum Gasteiger partial charge on any atom is 0.146 e. The minimum absolute atomic E-state index is 0.109. The summed E-state index contributed by atoms with van der Waals surface area (Å²) < 4.78 is 20.0. The number of hydrogen-bond acceptors (Lipinski definition) is 3. The van der Waals surface area contributed by atoms with E-state index in [0.717, 1.165) is 50.9 Å². The van der Waals surface area contributed by atoms with Gasteiger partial charge in [0.1, 0.15) is 5.82 Å². The zero-order valence-electron chi connectivity index (χ0n) is 13.1. The lowest BCUT2D eigenvalue weighted by Gasteiger charge is -2.33. The predicted molar refractivity (Wildman–Crippen MR) is 85.2 cm³/mol. The standard InChI is InChI=1S/C17H27FN2O/c1-3-14(19)11-13-5-6-17(16(18)12-13)20-9-7-15(8-10-20)21-4-2/h5-6,12,14-15H,3-4,7-11,19H2,1-2H3. The number of piperidine rings is 1. The summed E-state index contributed by atoms with van der Waals surface area (Å²) in [5, 5.41) is 0. The summed E-state index contributed by atoms with van der Waals surface area (Å²) in [6, 6.07) is 5.65. The van der Waals surface area contributed by atoms with Crippen LogP contribution in [0.4, 0.5) is 10.1 Å². The van der Waals surface area contributed by atoms with Crippen LogP contribution < -0.4 is 10.6 Å². The number of anilines is 1. The highest BCUT2D eigenvalue weighted by Crippen LogP contribution is 2.25. The molecule has 1 atom stereocenters. The van der Waals surface area contributed by atoms with Gasteiger partial charge in [-0.15, -0.1) is 0 Å². The van der Waals surface area contributed by atoms with Gasteiger partial charge in [0, 0.05) is 25.7 Å². The Kier molecular flexibility index (Phi) is 6.00. The molecule has 1 aromatic carbocycles. The van der Waals surface area contributed by atoms with Crippen LogP contribution in [0.15, 0.2) is 18.2 Å². The quantitative estimate of drug-likeness (QED) is 0.876. The Hall–Kier alpha value is -1.13. The first-order valence-corrected chi connectivity index (χ1v) is 8.04. The van der Waals surface area contributed by atoms with E-state index in [1.807, 2.05) is 19.1 Å². The van der Waals surface area contributed by atoms with E-state index < -0.39 is 0 Å². The zero-order valence-corrected chi connectivity index (χ0v) is 13.1. The van der Waals surface area contributed by atoms with Gasteiger partial charge in [-0.05, 0) is 50.3 Å². The van der Waals surface area contributed by atoms with E-state index in [4.69, 9.17) is 10.5 Å². The summed E-state index contributed by atoms with van der Waals surface area (Å²) >= 11 is 0. The fourth-order valence-corrected chi connectivity index (χ4v) is 2.88. The normalized spacial score (nSPS) is 18.0. The van der Waals surface area contributed by atoms with Crippen LogP contribution >= 0.6 is 0 Å². The van der Waals surface area contributed by atoms with E-state index in [-0.39, 0.29) is 11.9 Å². The van der Waals surface area contributed by atoms with Crippen LogP contribution in [0.3, 0.4) is 0 Å². The molecule has 118 valence electrons. The summed E-state index contributed by atoms with van der Waals surface area (Å²) in [5.41, 5.74) is 7.62. The molecule has 2 N–H and O–H groups in total. The topological polar surface area (TPSA) is 38.5 Å². The molecule has 21 heavy (non-hydrogen) atoms. The van der Waals surface area contributed by atoms with Gasteiger partial charge in [-0.3, -0.25) is 0 Å². The van der Waals surface area contributed by atoms with Crippen molar-refractivity contribution in [3.05, 3.63) is 29.6 Å². The summed E-state index contributed by atoms with van der Waals surface area (Å²) in [6.07, 6.45) is 3.91. The van der Waals surface area contributed by atoms with Crippen LogP contribution in [-0.2, 0) is 11.2 Å². The third kappa shape index (κ3) is 4.42. The molecule has 1 aliphatic rings. The molecule has 3 nitrogen and oxygen atoms in total. The molecular formula is C17H27FN2O. The molecule has 0 saturated carbocycles. The Labute approximate surface area is 127 Å². The SMILES string of the molecule is CCOC1CCN(c2ccc(CC(N)CC)cc2F)CC1. The first kappa shape index (κ1) is 16.2. The van der Waals surface area contributed by atoms with Crippen LogP contribution in [0.25, 0.3) is 0 Å². The van der Waals surface area contributed by atoms with Gasteiger partial charge < -0.3 is 15.4 Å². The molecule has 0 spiro atoms. The molecule has 0 radical (unpaired) electrons. The summed E-state index contributed by atoms with van der Waals surface area (Å²) in [5.74, 6) is -0.134. The molecule has 1 aliphatic heterocycles. The van der Waals surface area contributed by atoms with Crippen LogP contribution in [0.2, 0.25) is 0 Å². The summed E-state index contributed by atoms with van der Waals surface area (Å²) in [4.78, 5) is 2.12. The Morgan fingerprint density at radius 2 is 2.05 bits per heavy atom. The van der Waals surface area contributed by atoms with E-state index in [1.165, 1.54) is 0 Å². The van der Waals surface area contributed by atoms with Gasteiger partial charge in [0.05, 0.1) is 11.8 Å². The van der Waals surface area contributed by atoms with Gasteiger partial charge in [-0.2, -0.15) is 0 Å². The summed E-state index contributed by atoms with van der Waals surface area (Å²) in [6.45, 7) is 6.54. The van der Waals surface area contributed by atoms with Crippen molar-refractivity contribution in [2.24, 2.45) is 5.73 Å². The second-order valence-electron chi connectivity index (χ2n) is 5.80. The number of rotatable bonds is 6. The minimum atomic E-state index is -0.134. The van der Waals surface area contributed by atoms with E-state index in [1.54, 1.807) is 6.07 Å². The molecule has 1 saturated heterocycles. The molecule has 1 aromatic rings. The number of nitrogens with two attached hydrogens (primary N) is 1. The van der Waals surface area contributed by atoms with Crippen molar-refractivity contribution in [1.29, 1.82) is 0 Å². The number of hydrogen-bond donors (Lipinski definition) is 1. The van der Waals surface area contributed by atoms with Gasteiger partial charge in [0.15, 0.2) is 0 Å². The monoisotopic (exact) mass is 294 g/mol. The second-order valence-corrected chi connectivity index (χ2v) is 5.80. The van der Waals surface area contributed by atoms with E-state index >= 15 is 0 Å². The average Bonchev–Trinajstić information content (AvgIpc) is 2.49. The molecule has 1 fully saturated rings. The smallest absolute Gasteiger partial charge is 0.146 e. The first-order valence-electron chi connectivity index (χ1n) is 8.04. The molecule has 2 rings (SSSR count). The van der Waals surface area contributed by atoms with Gasteiger partial charge in [0.2, 0.25) is 0 Å². The van der Waals surface area contributed by atoms with Crippen LogP contribution in [-0.4, -0.2) is 31.8 Å². The van der Waals surface area contributed by atoms with Crippen LogP contribution in [0.5, 0.6) is 0 Å². The fraction of sp³-hybridized carbons (Fsp3) is 0.647. The van der Waals surface area contributed by atoms with E-state index in [2.05, 4.69) is 11.8 Å². The van der Waals surface area contributed by atoms with Gasteiger partial charge in [-0.25, -0.2) is 4.39 Å². The number of benzene rings is 1. The highest BCUT2D eigenvalue weighted by Gasteiger charge is 2.21.